The van der Waals surface area contributed by atoms with Crippen LogP contribution in [0.4, 0.5) is 5.69 Å². The second-order valence-electron chi connectivity index (χ2n) is 2.66. The van der Waals surface area contributed by atoms with E-state index in [0.29, 0.717) is 5.52 Å². The molecule has 0 aliphatic heterocycles. The van der Waals surface area contributed by atoms with Crippen molar-refractivity contribution >= 4 is 16.6 Å². The van der Waals surface area contributed by atoms with Crippen LogP contribution in [0, 0.1) is 4.91 Å². The molecular weight excluding hydrogens is 168 g/mol. The third-order valence-electron chi connectivity index (χ3n) is 1.83. The number of fused-ring (bicyclic) bond motifs is 1. The first-order chi connectivity index (χ1) is 6.31. The lowest BCUT2D eigenvalue weighted by molar-refractivity contribution is 1.27. The maximum absolute atomic E-state index is 11.1. The van der Waals surface area contributed by atoms with Crippen molar-refractivity contribution in [2.24, 2.45) is 5.18 Å². The molecule has 1 aromatic carbocycles. The minimum atomic E-state index is -0.450. The minimum absolute atomic E-state index is 0.0845. The molecule has 0 aliphatic carbocycles. The molecule has 4 heteroatoms. The van der Waals surface area contributed by atoms with Crippen molar-refractivity contribution in [3.8, 4) is 0 Å². The van der Waals surface area contributed by atoms with E-state index in [9.17, 15) is 9.70 Å². The minimum Gasteiger partial charge on any atom is -0.320 e. The first kappa shape index (κ1) is 7.67. The molecule has 1 N–H and O–H groups in total. The molecule has 1 aromatic heterocycles. The summed E-state index contributed by atoms with van der Waals surface area (Å²) in [4.78, 5) is 23.9. The monoisotopic (exact) mass is 174 g/mol. The van der Waals surface area contributed by atoms with Crippen LogP contribution in [-0.2, 0) is 0 Å². The van der Waals surface area contributed by atoms with E-state index in [-0.39, 0.29) is 5.69 Å². The average molecular weight is 174 g/mol. The lowest BCUT2D eigenvalue weighted by Crippen LogP contribution is -2.03. The molecule has 0 fully saturated rings. The third-order valence-corrected chi connectivity index (χ3v) is 1.83. The molecular formula is C9H6N2O2. The Labute approximate surface area is 73.2 Å². The van der Waals surface area contributed by atoms with Gasteiger partial charge in [-0.15, -0.1) is 4.91 Å². The number of nitrogens with one attached hydrogen (secondary N) is 1. The summed E-state index contributed by atoms with van der Waals surface area (Å²) in [6.45, 7) is 0. The molecule has 0 unspecified atom stereocenters. The van der Waals surface area contributed by atoms with Crippen molar-refractivity contribution in [2.75, 3.05) is 0 Å². The van der Waals surface area contributed by atoms with Crippen molar-refractivity contribution in [3.05, 3.63) is 45.6 Å². The fraction of sp³-hybridized carbons (Fsp3) is 0. The van der Waals surface area contributed by atoms with E-state index in [1.165, 1.54) is 6.07 Å². The number of benzene rings is 1. The van der Waals surface area contributed by atoms with Crippen LogP contribution in [0.5, 0.6) is 0 Å². The second kappa shape index (κ2) is 2.82. The number of hydrogen-bond acceptors (Lipinski definition) is 3. The predicted molar refractivity (Wildman–Crippen MR) is 50.0 cm³/mol. The van der Waals surface area contributed by atoms with E-state index in [2.05, 4.69) is 10.2 Å². The number of H-pyrrole nitrogens is 1. The zero-order chi connectivity index (χ0) is 9.26. The van der Waals surface area contributed by atoms with Crippen LogP contribution in [0.2, 0.25) is 0 Å². The predicted octanol–water partition coefficient (Wildman–Crippen LogP) is 1.93. The summed E-state index contributed by atoms with van der Waals surface area (Å²) in [5.41, 5.74) is 0.173. The Morgan fingerprint density at radius 3 is 2.77 bits per heavy atom. The highest BCUT2D eigenvalue weighted by molar-refractivity contribution is 5.80. The standard InChI is InChI=1S/C9H6N2O2/c12-9-8(11-13)5-6-3-1-2-4-7(6)10-9/h1-5H,(H,10,12). The van der Waals surface area contributed by atoms with Gasteiger partial charge >= 0.3 is 0 Å². The number of aromatic amines is 1. The quantitative estimate of drug-likeness (QED) is 0.671. The smallest absolute Gasteiger partial charge is 0.277 e. The Hall–Kier alpha value is -1.97. The zero-order valence-corrected chi connectivity index (χ0v) is 6.65. The van der Waals surface area contributed by atoms with E-state index in [1.54, 1.807) is 12.1 Å². The van der Waals surface area contributed by atoms with Crippen LogP contribution in [0.25, 0.3) is 10.9 Å². The van der Waals surface area contributed by atoms with Crippen LogP contribution in [0.3, 0.4) is 0 Å². The second-order valence-corrected chi connectivity index (χ2v) is 2.66. The number of pyridine rings is 1. The average Bonchev–Trinajstić information content (AvgIpc) is 2.17. The lowest BCUT2D eigenvalue weighted by atomic mass is 10.2. The van der Waals surface area contributed by atoms with Crippen molar-refractivity contribution in [1.82, 2.24) is 4.98 Å². The third kappa shape index (κ3) is 1.22. The Kier molecular flexibility index (Phi) is 1.66. The number of rotatable bonds is 1. The molecule has 2 aromatic rings. The molecule has 2 rings (SSSR count). The summed E-state index contributed by atoms with van der Waals surface area (Å²) < 4.78 is 0. The Morgan fingerprint density at radius 2 is 2.00 bits per heavy atom. The van der Waals surface area contributed by atoms with Crippen molar-refractivity contribution in [2.45, 2.75) is 0 Å². The highest BCUT2D eigenvalue weighted by Crippen LogP contribution is 2.13. The Bertz CT molecular complexity index is 516. The summed E-state index contributed by atoms with van der Waals surface area (Å²) in [6, 6.07) is 8.69. The van der Waals surface area contributed by atoms with Crippen LogP contribution in [0.15, 0.2) is 40.3 Å². The van der Waals surface area contributed by atoms with Gasteiger partial charge in [0.2, 0.25) is 0 Å². The van der Waals surface area contributed by atoms with Crippen molar-refractivity contribution < 1.29 is 0 Å². The van der Waals surface area contributed by atoms with Crippen LogP contribution in [0.1, 0.15) is 0 Å². The summed E-state index contributed by atoms with van der Waals surface area (Å²) in [5.74, 6) is 0. The van der Waals surface area contributed by atoms with Gasteiger partial charge < -0.3 is 4.98 Å². The lowest BCUT2D eigenvalue weighted by Gasteiger charge is -1.95. The molecule has 0 saturated heterocycles. The van der Waals surface area contributed by atoms with Crippen LogP contribution in [-0.4, -0.2) is 4.98 Å². The molecule has 4 nitrogen and oxygen atoms in total. The summed E-state index contributed by atoms with van der Waals surface area (Å²) in [5, 5.41) is 3.43. The molecule has 0 spiro atoms. The van der Waals surface area contributed by atoms with Gasteiger partial charge in [0.15, 0.2) is 5.69 Å². The number of aromatic nitrogens is 1. The number of nitroso groups, excluding NO2 is 1. The highest BCUT2D eigenvalue weighted by atomic mass is 16.3. The molecule has 0 aliphatic rings. The number of hydrogen-bond donors (Lipinski definition) is 1. The van der Waals surface area contributed by atoms with Crippen molar-refractivity contribution in [3.63, 3.8) is 0 Å². The van der Waals surface area contributed by atoms with Gasteiger partial charge in [0.05, 0.1) is 0 Å². The van der Waals surface area contributed by atoms with Crippen LogP contribution < -0.4 is 5.56 Å². The molecule has 0 saturated carbocycles. The summed E-state index contributed by atoms with van der Waals surface area (Å²) >= 11 is 0. The molecule has 1 heterocycles. The first-order valence-corrected chi connectivity index (χ1v) is 3.77. The first-order valence-electron chi connectivity index (χ1n) is 3.77. The van der Waals surface area contributed by atoms with Gasteiger partial charge in [0.25, 0.3) is 5.56 Å². The topological polar surface area (TPSA) is 62.3 Å². The maximum Gasteiger partial charge on any atom is 0.277 e. The Morgan fingerprint density at radius 1 is 1.23 bits per heavy atom. The van der Waals surface area contributed by atoms with Crippen LogP contribution >= 0.6 is 0 Å². The number of nitrogens with zero attached hydrogens (tertiary/aromatic N) is 1. The van der Waals surface area contributed by atoms with Gasteiger partial charge in [-0.3, -0.25) is 4.79 Å². The summed E-state index contributed by atoms with van der Waals surface area (Å²) in [7, 11) is 0. The molecule has 0 bridgehead atoms. The fourth-order valence-corrected chi connectivity index (χ4v) is 1.20. The number of para-hydroxylation sites is 1. The van der Waals surface area contributed by atoms with Gasteiger partial charge in [0.1, 0.15) is 0 Å². The van der Waals surface area contributed by atoms with E-state index < -0.39 is 5.56 Å². The molecule has 13 heavy (non-hydrogen) atoms. The van der Waals surface area contributed by atoms with E-state index in [0.717, 1.165) is 5.39 Å². The fourth-order valence-electron chi connectivity index (χ4n) is 1.20. The SMILES string of the molecule is O=Nc1cc2ccccc2[nH]c1=O. The van der Waals surface area contributed by atoms with E-state index in [4.69, 9.17) is 0 Å². The van der Waals surface area contributed by atoms with Gasteiger partial charge in [0, 0.05) is 10.9 Å². The highest BCUT2D eigenvalue weighted by Gasteiger charge is 2.00. The Balaban J connectivity index is 2.89. The normalized spacial score (nSPS) is 10.2. The van der Waals surface area contributed by atoms with E-state index in [1.807, 2.05) is 12.1 Å². The van der Waals surface area contributed by atoms with Crippen molar-refractivity contribution in [1.29, 1.82) is 0 Å². The molecule has 0 radical (unpaired) electrons. The molecule has 64 valence electrons. The molecule has 0 atom stereocenters. The maximum atomic E-state index is 11.1. The van der Waals surface area contributed by atoms with Gasteiger partial charge in [-0.05, 0) is 17.3 Å². The largest absolute Gasteiger partial charge is 0.320 e. The summed E-state index contributed by atoms with van der Waals surface area (Å²) in [6.07, 6.45) is 0. The zero-order valence-electron chi connectivity index (χ0n) is 6.65. The van der Waals surface area contributed by atoms with Gasteiger partial charge in [-0.1, -0.05) is 18.2 Å². The molecule has 0 amide bonds. The van der Waals surface area contributed by atoms with Gasteiger partial charge in [-0.25, -0.2) is 0 Å². The van der Waals surface area contributed by atoms with Gasteiger partial charge in [-0.2, -0.15) is 0 Å². The van der Waals surface area contributed by atoms with E-state index >= 15 is 0 Å².